The van der Waals surface area contributed by atoms with Gasteiger partial charge in [0.05, 0.1) is 0 Å². The molecule has 0 saturated carbocycles. The Kier molecular flexibility index (Phi) is 6.19. The van der Waals surface area contributed by atoms with E-state index < -0.39 is 0 Å². The number of aryl methyl sites for hydroxylation is 3. The summed E-state index contributed by atoms with van der Waals surface area (Å²) in [6.07, 6.45) is 6.38. The minimum atomic E-state index is 0.557. The van der Waals surface area contributed by atoms with Crippen LogP contribution in [0.15, 0.2) is 54.9 Å². The van der Waals surface area contributed by atoms with E-state index in [9.17, 15) is 0 Å². The molecule has 2 heterocycles. The summed E-state index contributed by atoms with van der Waals surface area (Å²) in [4.78, 5) is 7.19. The Labute approximate surface area is 181 Å². The quantitative estimate of drug-likeness (QED) is 0.593. The van der Waals surface area contributed by atoms with Crippen molar-refractivity contribution >= 4 is 5.69 Å². The molecule has 30 heavy (non-hydrogen) atoms. The van der Waals surface area contributed by atoms with Crippen LogP contribution >= 0.6 is 0 Å². The van der Waals surface area contributed by atoms with Crippen molar-refractivity contribution in [3.8, 4) is 11.1 Å². The third-order valence-corrected chi connectivity index (χ3v) is 6.52. The van der Waals surface area contributed by atoms with Gasteiger partial charge in [-0.3, -0.25) is 4.98 Å². The second kappa shape index (κ2) is 9.01. The minimum absolute atomic E-state index is 0.557. The zero-order valence-electron chi connectivity index (χ0n) is 18.7. The summed E-state index contributed by atoms with van der Waals surface area (Å²) in [5.41, 5.74) is 10.4. The zero-order valence-corrected chi connectivity index (χ0v) is 18.7. The van der Waals surface area contributed by atoms with Crippen molar-refractivity contribution < 1.29 is 0 Å². The maximum atomic E-state index is 4.61. The Morgan fingerprint density at radius 3 is 2.20 bits per heavy atom. The number of nitrogens with zero attached hydrogens (tertiary/aromatic N) is 2. The first-order valence-electron chi connectivity index (χ1n) is 11.1. The molecule has 1 fully saturated rings. The smallest absolute Gasteiger partial charge is 0.0448 e. The second-order valence-electron chi connectivity index (χ2n) is 8.76. The van der Waals surface area contributed by atoms with Gasteiger partial charge in [-0.05, 0) is 99.6 Å². The van der Waals surface area contributed by atoms with E-state index in [1.807, 2.05) is 12.4 Å². The first-order valence-corrected chi connectivity index (χ1v) is 11.1. The molecular formula is C27H33N3. The van der Waals surface area contributed by atoms with E-state index >= 15 is 0 Å². The highest BCUT2D eigenvalue weighted by molar-refractivity contribution is 5.66. The van der Waals surface area contributed by atoms with Gasteiger partial charge in [-0.15, -0.1) is 0 Å². The van der Waals surface area contributed by atoms with Crippen LogP contribution in [0, 0.1) is 27.7 Å². The van der Waals surface area contributed by atoms with Crippen LogP contribution in [0.25, 0.3) is 11.1 Å². The summed E-state index contributed by atoms with van der Waals surface area (Å²) in [7, 11) is 0. The lowest BCUT2D eigenvalue weighted by atomic mass is 9.96. The van der Waals surface area contributed by atoms with Crippen LogP contribution in [0.2, 0.25) is 0 Å². The predicted molar refractivity (Wildman–Crippen MR) is 127 cm³/mol. The highest BCUT2D eigenvalue weighted by Crippen LogP contribution is 2.28. The van der Waals surface area contributed by atoms with Gasteiger partial charge in [-0.25, -0.2) is 0 Å². The molecule has 0 atom stereocenters. The molecule has 1 N–H and O–H groups in total. The number of piperidine rings is 1. The normalized spacial score (nSPS) is 14.7. The molecule has 0 bridgehead atoms. The summed E-state index contributed by atoms with van der Waals surface area (Å²) in [5, 5.41) is 3.50. The van der Waals surface area contributed by atoms with Crippen molar-refractivity contribution in [3.63, 3.8) is 0 Å². The van der Waals surface area contributed by atoms with Gasteiger partial charge >= 0.3 is 0 Å². The fourth-order valence-electron chi connectivity index (χ4n) is 4.42. The molecule has 0 unspecified atom stereocenters. The molecule has 1 aromatic heterocycles. The van der Waals surface area contributed by atoms with E-state index in [4.69, 9.17) is 0 Å². The molecule has 3 heteroatoms. The third-order valence-electron chi connectivity index (χ3n) is 6.52. The second-order valence-corrected chi connectivity index (χ2v) is 8.76. The van der Waals surface area contributed by atoms with Gasteiger partial charge in [0, 0.05) is 36.2 Å². The molecule has 0 aliphatic carbocycles. The topological polar surface area (TPSA) is 28.2 Å². The Morgan fingerprint density at radius 1 is 0.867 bits per heavy atom. The number of hydrogen-bond acceptors (Lipinski definition) is 3. The van der Waals surface area contributed by atoms with E-state index in [0.29, 0.717) is 6.04 Å². The molecule has 0 amide bonds. The van der Waals surface area contributed by atoms with Gasteiger partial charge in [-0.1, -0.05) is 29.8 Å². The Morgan fingerprint density at radius 2 is 1.53 bits per heavy atom. The van der Waals surface area contributed by atoms with Crippen LogP contribution in [0.5, 0.6) is 0 Å². The van der Waals surface area contributed by atoms with Crippen LogP contribution < -0.4 is 10.2 Å². The van der Waals surface area contributed by atoms with E-state index in [-0.39, 0.29) is 0 Å². The zero-order chi connectivity index (χ0) is 21.1. The monoisotopic (exact) mass is 399 g/mol. The number of rotatable bonds is 5. The van der Waals surface area contributed by atoms with Crippen molar-refractivity contribution in [1.82, 2.24) is 10.3 Å². The highest BCUT2D eigenvalue weighted by atomic mass is 15.2. The number of hydrogen-bond donors (Lipinski definition) is 1. The SMILES string of the molecule is Cc1ccc(N(Cc2cncc(-c3cc(C)c(C)c(C)c3)c2)C2CCNCC2)cc1. The predicted octanol–water partition coefficient (Wildman–Crippen LogP) is 5.74. The van der Waals surface area contributed by atoms with Gasteiger partial charge in [0.1, 0.15) is 0 Å². The maximum absolute atomic E-state index is 4.61. The molecule has 2 aromatic carbocycles. The summed E-state index contributed by atoms with van der Waals surface area (Å²) in [6, 6.07) is 16.4. The van der Waals surface area contributed by atoms with Gasteiger partial charge in [0.2, 0.25) is 0 Å². The molecular weight excluding hydrogens is 366 g/mol. The molecule has 156 valence electrons. The molecule has 1 aliphatic heterocycles. The van der Waals surface area contributed by atoms with Gasteiger partial charge in [-0.2, -0.15) is 0 Å². The highest BCUT2D eigenvalue weighted by Gasteiger charge is 2.22. The summed E-state index contributed by atoms with van der Waals surface area (Å²) in [5.74, 6) is 0. The van der Waals surface area contributed by atoms with Crippen molar-refractivity contribution in [2.24, 2.45) is 0 Å². The van der Waals surface area contributed by atoms with Crippen molar-refractivity contribution in [2.45, 2.75) is 53.1 Å². The lowest BCUT2D eigenvalue weighted by Crippen LogP contribution is -2.43. The standard InChI is InChI=1S/C27H33N3/c1-19-5-7-26(8-6-19)30(27-9-11-28-12-10-27)18-23-15-25(17-29-16-23)24-13-20(2)22(4)21(3)14-24/h5-8,13-17,27-28H,9-12,18H2,1-4H3. The van der Waals surface area contributed by atoms with Gasteiger partial charge < -0.3 is 10.2 Å². The fraction of sp³-hybridized carbons (Fsp3) is 0.370. The molecule has 4 rings (SSSR count). The van der Waals surface area contributed by atoms with E-state index in [2.05, 4.69) is 85.4 Å². The van der Waals surface area contributed by atoms with Crippen LogP contribution in [0.3, 0.4) is 0 Å². The molecule has 3 nitrogen and oxygen atoms in total. The average Bonchev–Trinajstić information content (AvgIpc) is 2.77. The molecule has 3 aromatic rings. The Bertz CT molecular complexity index is 978. The Hall–Kier alpha value is -2.65. The summed E-state index contributed by atoms with van der Waals surface area (Å²) < 4.78 is 0. The minimum Gasteiger partial charge on any atom is -0.364 e. The fourth-order valence-corrected chi connectivity index (χ4v) is 4.42. The van der Waals surface area contributed by atoms with Crippen LogP contribution in [-0.4, -0.2) is 24.1 Å². The molecule has 0 radical (unpaired) electrons. The maximum Gasteiger partial charge on any atom is 0.0448 e. The number of benzene rings is 2. The van der Waals surface area contributed by atoms with Crippen LogP contribution in [-0.2, 0) is 6.54 Å². The van der Waals surface area contributed by atoms with Gasteiger partial charge in [0.25, 0.3) is 0 Å². The van der Waals surface area contributed by atoms with Crippen molar-refractivity contribution in [2.75, 3.05) is 18.0 Å². The third kappa shape index (κ3) is 4.57. The molecule has 1 saturated heterocycles. The average molecular weight is 400 g/mol. The van der Waals surface area contributed by atoms with Gasteiger partial charge in [0.15, 0.2) is 0 Å². The number of pyridine rings is 1. The van der Waals surface area contributed by atoms with E-state index in [1.165, 1.54) is 57.5 Å². The number of nitrogens with one attached hydrogen (secondary N) is 1. The number of anilines is 1. The summed E-state index contributed by atoms with van der Waals surface area (Å²) >= 11 is 0. The van der Waals surface area contributed by atoms with Crippen LogP contribution in [0.4, 0.5) is 5.69 Å². The first kappa shape index (κ1) is 20.6. The molecule has 1 aliphatic rings. The van der Waals surface area contributed by atoms with Crippen molar-refractivity contribution in [3.05, 3.63) is 82.7 Å². The first-order chi connectivity index (χ1) is 14.5. The van der Waals surface area contributed by atoms with Crippen molar-refractivity contribution in [1.29, 1.82) is 0 Å². The largest absolute Gasteiger partial charge is 0.364 e. The van der Waals surface area contributed by atoms with E-state index in [0.717, 1.165) is 19.6 Å². The van der Waals surface area contributed by atoms with E-state index in [1.54, 1.807) is 0 Å². The lowest BCUT2D eigenvalue weighted by Gasteiger charge is -2.36. The van der Waals surface area contributed by atoms with Crippen LogP contribution in [0.1, 0.15) is 40.7 Å². The molecule has 0 spiro atoms. The Balaban J connectivity index is 1.65. The number of aromatic nitrogens is 1. The lowest BCUT2D eigenvalue weighted by molar-refractivity contribution is 0.428. The summed E-state index contributed by atoms with van der Waals surface area (Å²) in [6.45, 7) is 11.8.